The first-order valence-corrected chi connectivity index (χ1v) is 6.53. The molecular weight excluding hydrogens is 214 g/mol. The predicted molar refractivity (Wildman–Crippen MR) is 69.1 cm³/mol. The highest BCUT2D eigenvalue weighted by molar-refractivity contribution is 5.25. The van der Waals surface area contributed by atoms with E-state index in [0.29, 0.717) is 6.61 Å². The minimum atomic E-state index is -0.417. The highest BCUT2D eigenvalue weighted by atomic mass is 16.5. The molecule has 0 aliphatic rings. The smallest absolute Gasteiger partial charge is 0.137 e. The number of hydrogen-bond donors (Lipinski definition) is 1. The van der Waals surface area contributed by atoms with Crippen LogP contribution in [0.5, 0.6) is 5.75 Å². The molecule has 0 saturated heterocycles. The number of nitrogens with zero attached hydrogens (tertiary/aromatic N) is 1. The Kier molecular flexibility index (Phi) is 6.63. The average Bonchev–Trinajstić information content (AvgIpc) is 2.37. The molecule has 0 spiro atoms. The van der Waals surface area contributed by atoms with Gasteiger partial charge in [-0.2, -0.15) is 0 Å². The van der Waals surface area contributed by atoms with Crippen molar-refractivity contribution in [1.29, 1.82) is 0 Å². The Hall–Kier alpha value is -1.09. The standard InChI is InChI=1S/C14H23NO2/c1-3-5-6-7-14(16)12-9-13(11-15-10-12)17-8-4-2/h9-11,14,16H,3-8H2,1-2H3. The minimum Gasteiger partial charge on any atom is -0.492 e. The topological polar surface area (TPSA) is 42.4 Å². The summed E-state index contributed by atoms with van der Waals surface area (Å²) >= 11 is 0. The normalized spacial score (nSPS) is 12.4. The molecule has 1 aromatic rings. The fourth-order valence-corrected chi connectivity index (χ4v) is 1.67. The lowest BCUT2D eigenvalue weighted by molar-refractivity contribution is 0.162. The lowest BCUT2D eigenvalue weighted by atomic mass is 10.0. The maximum Gasteiger partial charge on any atom is 0.137 e. The van der Waals surface area contributed by atoms with Crippen LogP contribution < -0.4 is 4.74 Å². The molecule has 3 heteroatoms. The number of unbranched alkanes of at least 4 members (excludes halogenated alkanes) is 2. The van der Waals surface area contributed by atoms with Crippen LogP contribution in [-0.4, -0.2) is 16.7 Å². The summed E-state index contributed by atoms with van der Waals surface area (Å²) in [5.74, 6) is 0.749. The van der Waals surface area contributed by atoms with E-state index in [2.05, 4.69) is 18.8 Å². The molecule has 1 unspecified atom stereocenters. The molecule has 0 aliphatic carbocycles. The molecular formula is C14H23NO2. The van der Waals surface area contributed by atoms with Gasteiger partial charge in [0.15, 0.2) is 0 Å². The molecule has 1 N–H and O–H groups in total. The summed E-state index contributed by atoms with van der Waals surface area (Å²) in [5, 5.41) is 10.0. The SMILES string of the molecule is CCCCCC(O)c1cncc(OCCC)c1. The van der Waals surface area contributed by atoms with Crippen LogP contribution in [0.1, 0.15) is 57.6 Å². The van der Waals surface area contributed by atoms with Crippen molar-refractivity contribution in [2.75, 3.05) is 6.61 Å². The van der Waals surface area contributed by atoms with Crippen LogP contribution >= 0.6 is 0 Å². The molecule has 0 amide bonds. The maximum absolute atomic E-state index is 10.0. The fraction of sp³-hybridized carbons (Fsp3) is 0.643. The largest absolute Gasteiger partial charge is 0.492 e. The van der Waals surface area contributed by atoms with E-state index < -0.39 is 6.10 Å². The van der Waals surface area contributed by atoms with Crippen LogP contribution in [-0.2, 0) is 0 Å². The Bertz CT molecular complexity index is 315. The second kappa shape index (κ2) is 8.07. The van der Waals surface area contributed by atoms with Crippen LogP contribution in [0.2, 0.25) is 0 Å². The summed E-state index contributed by atoms with van der Waals surface area (Å²) in [6.45, 7) is 4.92. The zero-order valence-electron chi connectivity index (χ0n) is 10.9. The summed E-state index contributed by atoms with van der Waals surface area (Å²) in [6.07, 6.45) is 8.15. The zero-order chi connectivity index (χ0) is 12.5. The van der Waals surface area contributed by atoms with E-state index in [9.17, 15) is 5.11 Å². The maximum atomic E-state index is 10.0. The van der Waals surface area contributed by atoms with Gasteiger partial charge in [0.1, 0.15) is 5.75 Å². The van der Waals surface area contributed by atoms with Gasteiger partial charge in [-0.15, -0.1) is 0 Å². The molecule has 17 heavy (non-hydrogen) atoms. The Morgan fingerprint density at radius 2 is 2.06 bits per heavy atom. The van der Waals surface area contributed by atoms with Gasteiger partial charge in [-0.25, -0.2) is 0 Å². The summed E-state index contributed by atoms with van der Waals surface area (Å²) in [5.41, 5.74) is 0.856. The van der Waals surface area contributed by atoms with Crippen molar-refractivity contribution < 1.29 is 9.84 Å². The van der Waals surface area contributed by atoms with Crippen molar-refractivity contribution in [1.82, 2.24) is 4.98 Å². The van der Waals surface area contributed by atoms with E-state index in [0.717, 1.165) is 37.0 Å². The van der Waals surface area contributed by atoms with Crippen molar-refractivity contribution in [3.8, 4) is 5.75 Å². The van der Waals surface area contributed by atoms with Gasteiger partial charge >= 0.3 is 0 Å². The monoisotopic (exact) mass is 237 g/mol. The number of hydrogen-bond acceptors (Lipinski definition) is 3. The van der Waals surface area contributed by atoms with Gasteiger partial charge in [-0.3, -0.25) is 4.98 Å². The van der Waals surface area contributed by atoms with E-state index in [-0.39, 0.29) is 0 Å². The fourth-order valence-electron chi connectivity index (χ4n) is 1.67. The minimum absolute atomic E-state index is 0.417. The number of rotatable bonds is 8. The molecule has 96 valence electrons. The molecule has 0 bridgehead atoms. The first kappa shape index (κ1) is 14.0. The van der Waals surface area contributed by atoms with Crippen molar-refractivity contribution in [2.24, 2.45) is 0 Å². The van der Waals surface area contributed by atoms with Gasteiger partial charge < -0.3 is 9.84 Å². The average molecular weight is 237 g/mol. The van der Waals surface area contributed by atoms with Crippen LogP contribution in [0, 0.1) is 0 Å². The number of pyridine rings is 1. The molecule has 1 heterocycles. The Morgan fingerprint density at radius 1 is 1.24 bits per heavy atom. The Labute approximate surface area is 104 Å². The number of aliphatic hydroxyl groups is 1. The van der Waals surface area contributed by atoms with Crippen LogP contribution in [0.4, 0.5) is 0 Å². The molecule has 0 saturated carbocycles. The van der Waals surface area contributed by atoms with Gasteiger partial charge in [-0.05, 0) is 18.9 Å². The molecule has 0 aliphatic heterocycles. The summed E-state index contributed by atoms with van der Waals surface area (Å²) < 4.78 is 5.50. The lowest BCUT2D eigenvalue weighted by Gasteiger charge is -2.11. The highest BCUT2D eigenvalue weighted by Crippen LogP contribution is 2.22. The summed E-state index contributed by atoms with van der Waals surface area (Å²) in [7, 11) is 0. The second-order valence-corrected chi connectivity index (χ2v) is 4.31. The summed E-state index contributed by atoms with van der Waals surface area (Å²) in [6, 6.07) is 1.89. The van der Waals surface area contributed by atoms with Crippen molar-refractivity contribution >= 4 is 0 Å². The predicted octanol–water partition coefficient (Wildman–Crippen LogP) is 3.48. The van der Waals surface area contributed by atoms with Crippen molar-refractivity contribution in [3.05, 3.63) is 24.0 Å². The highest BCUT2D eigenvalue weighted by Gasteiger charge is 2.08. The molecule has 1 atom stereocenters. The molecule has 1 aromatic heterocycles. The third-order valence-corrected chi connectivity index (χ3v) is 2.67. The van der Waals surface area contributed by atoms with Gasteiger partial charge in [-0.1, -0.05) is 33.1 Å². The molecule has 0 fully saturated rings. The van der Waals surface area contributed by atoms with Gasteiger partial charge in [0.25, 0.3) is 0 Å². The first-order valence-electron chi connectivity index (χ1n) is 6.53. The summed E-state index contributed by atoms with van der Waals surface area (Å²) in [4.78, 5) is 4.10. The van der Waals surface area contributed by atoms with E-state index in [4.69, 9.17) is 4.74 Å². The third kappa shape index (κ3) is 5.18. The Morgan fingerprint density at radius 3 is 2.76 bits per heavy atom. The third-order valence-electron chi connectivity index (χ3n) is 2.67. The Balaban J connectivity index is 2.51. The molecule has 0 aromatic carbocycles. The lowest BCUT2D eigenvalue weighted by Crippen LogP contribution is -2.01. The van der Waals surface area contributed by atoms with Crippen LogP contribution in [0.25, 0.3) is 0 Å². The van der Waals surface area contributed by atoms with E-state index >= 15 is 0 Å². The zero-order valence-corrected chi connectivity index (χ0v) is 10.9. The van der Waals surface area contributed by atoms with Crippen molar-refractivity contribution in [2.45, 2.75) is 52.1 Å². The number of ether oxygens (including phenoxy) is 1. The number of aliphatic hydroxyl groups excluding tert-OH is 1. The van der Waals surface area contributed by atoms with E-state index in [1.165, 1.54) is 6.42 Å². The van der Waals surface area contributed by atoms with Crippen LogP contribution in [0.3, 0.4) is 0 Å². The number of aromatic nitrogens is 1. The van der Waals surface area contributed by atoms with Gasteiger partial charge in [0.2, 0.25) is 0 Å². The van der Waals surface area contributed by atoms with Crippen LogP contribution in [0.15, 0.2) is 18.5 Å². The van der Waals surface area contributed by atoms with E-state index in [1.54, 1.807) is 12.4 Å². The quantitative estimate of drug-likeness (QED) is 0.704. The van der Waals surface area contributed by atoms with Crippen molar-refractivity contribution in [3.63, 3.8) is 0 Å². The molecule has 3 nitrogen and oxygen atoms in total. The van der Waals surface area contributed by atoms with E-state index in [1.807, 2.05) is 6.07 Å². The first-order chi connectivity index (χ1) is 8.27. The molecule has 1 rings (SSSR count). The van der Waals surface area contributed by atoms with Gasteiger partial charge in [0, 0.05) is 11.8 Å². The molecule has 0 radical (unpaired) electrons. The second-order valence-electron chi connectivity index (χ2n) is 4.31. The van der Waals surface area contributed by atoms with Gasteiger partial charge in [0.05, 0.1) is 18.9 Å².